The Morgan fingerprint density at radius 1 is 1.03 bits per heavy atom. The summed E-state index contributed by atoms with van der Waals surface area (Å²) in [6, 6.07) is 17.7. The van der Waals surface area contributed by atoms with Crippen LogP contribution in [-0.2, 0) is 6.54 Å². The molecule has 0 amide bonds. The van der Waals surface area contributed by atoms with E-state index in [1.165, 1.54) is 17.3 Å². The molecule has 0 atom stereocenters. The Labute approximate surface area is 198 Å². The molecule has 0 radical (unpaired) electrons. The predicted molar refractivity (Wildman–Crippen MR) is 136 cm³/mol. The highest BCUT2D eigenvalue weighted by Crippen LogP contribution is 2.25. The van der Waals surface area contributed by atoms with E-state index in [-0.39, 0.29) is 17.1 Å². The van der Waals surface area contributed by atoms with Gasteiger partial charge in [0, 0.05) is 29.2 Å². The number of fused-ring (bicyclic) bond motifs is 1. The van der Waals surface area contributed by atoms with E-state index < -0.39 is 0 Å². The number of unbranched alkanes of at least 4 members (excludes halogenated alkanes) is 1. The maximum Gasteiger partial charge on any atom is 0.262 e. The van der Waals surface area contributed by atoms with Gasteiger partial charge in [-0.3, -0.25) is 14.2 Å². The zero-order chi connectivity index (χ0) is 23.5. The molecule has 4 rings (SSSR count). The first kappa shape index (κ1) is 23.1. The van der Waals surface area contributed by atoms with Crippen molar-refractivity contribution in [3.8, 4) is 5.69 Å². The van der Waals surface area contributed by atoms with Crippen LogP contribution in [0.5, 0.6) is 0 Å². The van der Waals surface area contributed by atoms with Crippen LogP contribution in [0.2, 0.25) is 0 Å². The Hall–Kier alpha value is -3.12. The second-order valence-corrected chi connectivity index (χ2v) is 9.33. The van der Waals surface area contributed by atoms with Crippen LogP contribution in [0, 0.1) is 20.8 Å². The molecule has 4 aromatic rings. The lowest BCUT2D eigenvalue weighted by atomic mass is 10.2. The maximum atomic E-state index is 13.2. The summed E-state index contributed by atoms with van der Waals surface area (Å²) in [5.41, 5.74) is 5.54. The van der Waals surface area contributed by atoms with Gasteiger partial charge in [-0.25, -0.2) is 4.98 Å². The highest BCUT2D eigenvalue weighted by atomic mass is 32.2. The van der Waals surface area contributed by atoms with Crippen LogP contribution in [0.1, 0.15) is 47.1 Å². The molecular formula is C27H29N3O2S. The fourth-order valence-electron chi connectivity index (χ4n) is 4.12. The van der Waals surface area contributed by atoms with Crippen LogP contribution in [0.25, 0.3) is 16.6 Å². The summed E-state index contributed by atoms with van der Waals surface area (Å²) in [7, 11) is 0. The minimum Gasteiger partial charge on any atom is -0.318 e. The van der Waals surface area contributed by atoms with Gasteiger partial charge < -0.3 is 4.57 Å². The second kappa shape index (κ2) is 9.79. The Bertz CT molecular complexity index is 1370. The molecule has 170 valence electrons. The average molecular weight is 460 g/mol. The van der Waals surface area contributed by atoms with E-state index in [0.29, 0.717) is 28.2 Å². The number of aryl methyl sites for hydroxylation is 2. The molecule has 6 heteroatoms. The molecular weight excluding hydrogens is 430 g/mol. The second-order valence-electron chi connectivity index (χ2n) is 8.39. The Morgan fingerprint density at radius 2 is 1.76 bits per heavy atom. The number of carbonyl (C=O) groups is 1. The average Bonchev–Trinajstić information content (AvgIpc) is 3.11. The van der Waals surface area contributed by atoms with Crippen molar-refractivity contribution in [1.82, 2.24) is 14.1 Å². The third kappa shape index (κ3) is 4.67. The van der Waals surface area contributed by atoms with Gasteiger partial charge >= 0.3 is 0 Å². The number of nitrogens with zero attached hydrogens (tertiary/aromatic N) is 3. The fraction of sp³-hybridized carbons (Fsp3) is 0.296. The van der Waals surface area contributed by atoms with E-state index in [0.717, 1.165) is 29.9 Å². The van der Waals surface area contributed by atoms with Crippen molar-refractivity contribution in [3.63, 3.8) is 0 Å². The van der Waals surface area contributed by atoms with Gasteiger partial charge in [0.15, 0.2) is 10.9 Å². The third-order valence-electron chi connectivity index (χ3n) is 5.92. The number of ketones is 1. The monoisotopic (exact) mass is 459 g/mol. The van der Waals surface area contributed by atoms with Crippen molar-refractivity contribution in [1.29, 1.82) is 0 Å². The van der Waals surface area contributed by atoms with Crippen molar-refractivity contribution in [3.05, 3.63) is 87.5 Å². The normalized spacial score (nSPS) is 11.3. The number of carbonyl (C=O) groups excluding carboxylic acids is 1. The van der Waals surface area contributed by atoms with E-state index >= 15 is 0 Å². The number of aromatic nitrogens is 3. The lowest BCUT2D eigenvalue weighted by molar-refractivity contribution is 0.102. The standard InChI is InChI=1S/C27H29N3O2S/c1-5-6-15-29-26(32)22-9-7-8-10-24(22)28-27(29)33-17-25(31)23-16-19(3)30(20(23)4)21-13-11-18(2)12-14-21/h7-14,16H,5-6,15,17H2,1-4H3. The molecule has 0 aliphatic heterocycles. The van der Waals surface area contributed by atoms with Crippen molar-refractivity contribution < 1.29 is 4.79 Å². The molecule has 0 aliphatic rings. The van der Waals surface area contributed by atoms with Crippen LogP contribution in [0.15, 0.2) is 64.5 Å². The Balaban J connectivity index is 1.62. The maximum absolute atomic E-state index is 13.2. The van der Waals surface area contributed by atoms with Crippen molar-refractivity contribution >= 4 is 28.4 Å². The molecule has 33 heavy (non-hydrogen) atoms. The molecule has 0 unspecified atom stereocenters. The summed E-state index contributed by atoms with van der Waals surface area (Å²) in [6.07, 6.45) is 1.87. The molecule has 2 heterocycles. The van der Waals surface area contributed by atoms with Gasteiger partial charge in [-0.05, 0) is 57.5 Å². The van der Waals surface area contributed by atoms with Crippen LogP contribution < -0.4 is 5.56 Å². The SMILES string of the molecule is CCCCn1c(SCC(=O)c2cc(C)n(-c3ccc(C)cc3)c2C)nc2ccccc2c1=O. The molecule has 0 saturated carbocycles. The van der Waals surface area contributed by atoms with Gasteiger partial charge in [-0.1, -0.05) is 54.9 Å². The molecule has 2 aromatic heterocycles. The number of thioether (sulfide) groups is 1. The quantitative estimate of drug-likeness (QED) is 0.187. The third-order valence-corrected chi connectivity index (χ3v) is 6.89. The molecule has 0 saturated heterocycles. The van der Waals surface area contributed by atoms with Gasteiger partial charge in [-0.2, -0.15) is 0 Å². The molecule has 2 aromatic carbocycles. The number of rotatable bonds is 8. The number of benzene rings is 2. The van der Waals surface area contributed by atoms with Crippen molar-refractivity contribution in [2.24, 2.45) is 0 Å². The summed E-state index contributed by atoms with van der Waals surface area (Å²) < 4.78 is 3.84. The summed E-state index contributed by atoms with van der Waals surface area (Å²) in [4.78, 5) is 31.0. The number of hydrogen-bond donors (Lipinski definition) is 0. The molecule has 0 aliphatic carbocycles. The summed E-state index contributed by atoms with van der Waals surface area (Å²) >= 11 is 1.34. The van der Waals surface area contributed by atoms with Crippen LogP contribution in [0.3, 0.4) is 0 Å². The predicted octanol–water partition coefficient (Wildman–Crippen LogP) is 5.89. The number of para-hydroxylation sites is 1. The van der Waals surface area contributed by atoms with Crippen molar-refractivity contribution in [2.75, 3.05) is 5.75 Å². The summed E-state index contributed by atoms with van der Waals surface area (Å²) in [5.74, 6) is 0.269. The van der Waals surface area contributed by atoms with E-state index in [1.807, 2.05) is 44.2 Å². The zero-order valence-electron chi connectivity index (χ0n) is 19.6. The van der Waals surface area contributed by atoms with Gasteiger partial charge in [-0.15, -0.1) is 0 Å². The van der Waals surface area contributed by atoms with Gasteiger partial charge in [0.1, 0.15) is 0 Å². The highest BCUT2D eigenvalue weighted by molar-refractivity contribution is 7.99. The van der Waals surface area contributed by atoms with Crippen LogP contribution in [0.4, 0.5) is 0 Å². The molecule has 0 N–H and O–H groups in total. The number of hydrogen-bond acceptors (Lipinski definition) is 4. The Morgan fingerprint density at radius 3 is 2.48 bits per heavy atom. The summed E-state index contributed by atoms with van der Waals surface area (Å²) in [5, 5.41) is 1.22. The largest absolute Gasteiger partial charge is 0.318 e. The van der Waals surface area contributed by atoms with Gasteiger partial charge in [0.25, 0.3) is 5.56 Å². The van der Waals surface area contributed by atoms with Gasteiger partial charge in [0.2, 0.25) is 0 Å². The van der Waals surface area contributed by atoms with Crippen molar-refractivity contribution in [2.45, 2.75) is 52.2 Å². The first-order chi connectivity index (χ1) is 15.9. The Kier molecular flexibility index (Phi) is 6.84. The van der Waals surface area contributed by atoms with E-state index in [1.54, 1.807) is 4.57 Å². The minimum atomic E-state index is -0.0402. The van der Waals surface area contributed by atoms with E-state index in [2.05, 4.69) is 42.7 Å². The molecule has 0 bridgehead atoms. The lowest BCUT2D eigenvalue weighted by Gasteiger charge is -2.13. The highest BCUT2D eigenvalue weighted by Gasteiger charge is 2.19. The zero-order valence-corrected chi connectivity index (χ0v) is 20.4. The fourth-order valence-corrected chi connectivity index (χ4v) is 5.02. The first-order valence-electron chi connectivity index (χ1n) is 11.3. The number of Topliss-reactive ketones (excluding diaryl/α,β-unsaturated/α-hetero) is 1. The van der Waals surface area contributed by atoms with E-state index in [4.69, 9.17) is 4.98 Å². The molecule has 0 spiro atoms. The van der Waals surface area contributed by atoms with Gasteiger partial charge in [0.05, 0.1) is 16.7 Å². The topological polar surface area (TPSA) is 56.9 Å². The lowest BCUT2D eigenvalue weighted by Crippen LogP contribution is -2.24. The first-order valence-corrected chi connectivity index (χ1v) is 12.3. The smallest absolute Gasteiger partial charge is 0.262 e. The van der Waals surface area contributed by atoms with E-state index in [9.17, 15) is 9.59 Å². The minimum absolute atomic E-state index is 0.0379. The molecule has 5 nitrogen and oxygen atoms in total. The molecule has 0 fully saturated rings. The summed E-state index contributed by atoms with van der Waals surface area (Å²) in [6.45, 7) is 8.76. The van der Waals surface area contributed by atoms with Crippen LogP contribution >= 0.6 is 11.8 Å². The van der Waals surface area contributed by atoms with Crippen LogP contribution in [-0.4, -0.2) is 25.7 Å².